The van der Waals surface area contributed by atoms with Crippen molar-refractivity contribution in [2.75, 3.05) is 52.1 Å². The zero-order valence-electron chi connectivity index (χ0n) is 19.7. The molecule has 0 unspecified atom stereocenters. The first-order valence-electron chi connectivity index (χ1n) is 11.0. The summed E-state index contributed by atoms with van der Waals surface area (Å²) >= 11 is 0. The Bertz CT molecular complexity index is 1060. The van der Waals surface area contributed by atoms with Gasteiger partial charge in [0.2, 0.25) is 0 Å². The highest BCUT2D eigenvalue weighted by atomic mass is 16.5. The van der Waals surface area contributed by atoms with Gasteiger partial charge in [0.25, 0.3) is 5.91 Å². The van der Waals surface area contributed by atoms with Crippen LogP contribution in [0, 0.1) is 18.3 Å². The summed E-state index contributed by atoms with van der Waals surface area (Å²) in [7, 11) is 1.57. The molecule has 0 radical (unpaired) electrons. The number of anilines is 1. The molecule has 1 aliphatic rings. The molecule has 3 rings (SSSR count). The maximum Gasteiger partial charge on any atom is 0.260 e. The van der Waals surface area contributed by atoms with Crippen LogP contribution in [0.3, 0.4) is 0 Å². The Hall–Kier alpha value is -3.68. The first kappa shape index (κ1) is 25.0. The number of aromatic nitrogens is 1. The highest BCUT2D eigenvalue weighted by molar-refractivity contribution is 5.82. The summed E-state index contributed by atoms with van der Waals surface area (Å²) in [5, 5.41) is 13.8. The Morgan fingerprint density at radius 3 is 2.79 bits per heavy atom. The summed E-state index contributed by atoms with van der Waals surface area (Å²) in [6.45, 7) is 6.60. The number of carbonyl (C=O) groups excluding carboxylic acids is 1. The number of hydrazone groups is 1. The summed E-state index contributed by atoms with van der Waals surface area (Å²) in [6.07, 6.45) is 1.59. The Kier molecular flexibility index (Phi) is 9.20. The van der Waals surface area contributed by atoms with Gasteiger partial charge in [-0.15, -0.1) is 0 Å². The van der Waals surface area contributed by atoms with Gasteiger partial charge >= 0.3 is 0 Å². The van der Waals surface area contributed by atoms with Crippen molar-refractivity contribution in [2.45, 2.75) is 20.5 Å². The van der Waals surface area contributed by atoms with Crippen LogP contribution >= 0.6 is 0 Å². The average Bonchev–Trinajstić information content (AvgIpc) is 2.84. The number of pyridine rings is 1. The number of nitriles is 1. The van der Waals surface area contributed by atoms with Crippen molar-refractivity contribution < 1.29 is 23.7 Å². The number of methoxy groups -OCH3 is 1. The number of hydrogen-bond donors (Lipinski definition) is 1. The van der Waals surface area contributed by atoms with Gasteiger partial charge in [-0.1, -0.05) is 0 Å². The first-order valence-corrected chi connectivity index (χ1v) is 11.0. The molecule has 1 aromatic heterocycles. The van der Waals surface area contributed by atoms with Crippen LogP contribution in [0.25, 0.3) is 0 Å². The lowest BCUT2D eigenvalue weighted by molar-refractivity contribution is -0.137. The number of nitrogens with zero attached hydrogens (tertiary/aromatic N) is 4. The van der Waals surface area contributed by atoms with Gasteiger partial charge in [0, 0.05) is 31.5 Å². The lowest BCUT2D eigenvalue weighted by atomic mass is 10.1. The monoisotopic (exact) mass is 467 g/mol. The molecule has 0 saturated carbocycles. The molecule has 0 bridgehead atoms. The number of benzene rings is 1. The lowest BCUT2D eigenvalue weighted by Crippen LogP contribution is -2.43. The predicted octanol–water partition coefficient (Wildman–Crippen LogP) is 2.49. The molecule has 2 heterocycles. The molecule has 1 saturated heterocycles. The fraction of sp³-hybridized carbons (Fsp3) is 0.417. The topological polar surface area (TPSA) is 118 Å². The molecule has 1 N–H and O–H groups in total. The fourth-order valence-electron chi connectivity index (χ4n) is 3.42. The highest BCUT2D eigenvalue weighted by Gasteiger charge is 2.18. The van der Waals surface area contributed by atoms with E-state index in [1.165, 1.54) is 0 Å². The van der Waals surface area contributed by atoms with Crippen molar-refractivity contribution in [3.8, 4) is 17.6 Å². The highest BCUT2D eigenvalue weighted by Crippen LogP contribution is 2.28. The Labute approximate surface area is 199 Å². The third-order valence-electron chi connectivity index (χ3n) is 5.01. The molecule has 10 nitrogen and oxygen atoms in total. The van der Waals surface area contributed by atoms with E-state index in [2.05, 4.69) is 21.6 Å². The van der Waals surface area contributed by atoms with Gasteiger partial charge < -0.3 is 23.8 Å². The average molecular weight is 468 g/mol. The van der Waals surface area contributed by atoms with E-state index in [0.29, 0.717) is 62.4 Å². The second-order valence-electron chi connectivity index (χ2n) is 7.48. The van der Waals surface area contributed by atoms with E-state index in [-0.39, 0.29) is 12.5 Å². The third kappa shape index (κ3) is 6.66. The zero-order chi connectivity index (χ0) is 24.3. The molecule has 1 aromatic carbocycles. The number of amides is 1. The third-order valence-corrected chi connectivity index (χ3v) is 5.01. The maximum atomic E-state index is 12.4. The zero-order valence-corrected chi connectivity index (χ0v) is 19.7. The molecular formula is C24H29N5O5. The van der Waals surface area contributed by atoms with E-state index in [4.69, 9.17) is 18.9 Å². The number of aryl methyl sites for hydroxylation is 1. The first-order chi connectivity index (χ1) is 16.5. The number of morpholine rings is 1. The molecule has 1 aliphatic heterocycles. The summed E-state index contributed by atoms with van der Waals surface area (Å²) in [6, 6.07) is 9.27. The van der Waals surface area contributed by atoms with Crippen molar-refractivity contribution in [3.63, 3.8) is 0 Å². The molecule has 0 atom stereocenters. The van der Waals surface area contributed by atoms with E-state index in [0.717, 1.165) is 16.8 Å². The second kappa shape index (κ2) is 12.5. The van der Waals surface area contributed by atoms with Crippen LogP contribution in [0.1, 0.15) is 29.3 Å². The Morgan fingerprint density at radius 1 is 1.29 bits per heavy atom. The Balaban J connectivity index is 1.69. The van der Waals surface area contributed by atoms with Gasteiger partial charge in [0.1, 0.15) is 11.6 Å². The molecule has 180 valence electrons. The standard InChI is InChI=1S/C24H29N5O5/c1-4-33-22-12-18(5-6-21(22)34-16-23(30)29-7-9-32-10-8-29)14-26-28-24-20(13-25)19(15-31-3)11-17(2)27-24/h5-6,11-12,14H,4,7-10,15-16H2,1-3H3,(H,27,28)/b26-14+. The van der Waals surface area contributed by atoms with Gasteiger partial charge in [-0.05, 0) is 43.7 Å². The van der Waals surface area contributed by atoms with Crippen molar-refractivity contribution in [1.82, 2.24) is 9.88 Å². The van der Waals surface area contributed by atoms with E-state index in [1.807, 2.05) is 19.9 Å². The predicted molar refractivity (Wildman–Crippen MR) is 126 cm³/mol. The second-order valence-corrected chi connectivity index (χ2v) is 7.48. The van der Waals surface area contributed by atoms with E-state index in [1.54, 1.807) is 36.4 Å². The van der Waals surface area contributed by atoms with Crippen molar-refractivity contribution in [1.29, 1.82) is 5.26 Å². The fourth-order valence-corrected chi connectivity index (χ4v) is 3.42. The molecule has 0 aliphatic carbocycles. The van der Waals surface area contributed by atoms with Gasteiger partial charge in [-0.25, -0.2) is 4.98 Å². The van der Waals surface area contributed by atoms with Crippen molar-refractivity contribution in [3.05, 3.63) is 46.6 Å². The van der Waals surface area contributed by atoms with Crippen LogP contribution in [0.5, 0.6) is 11.5 Å². The summed E-state index contributed by atoms with van der Waals surface area (Å²) in [5.74, 6) is 1.25. The SMILES string of the molecule is CCOc1cc(/C=N/Nc2nc(C)cc(COC)c2C#N)ccc1OCC(=O)N1CCOCC1. The minimum absolute atomic E-state index is 0.0746. The summed E-state index contributed by atoms with van der Waals surface area (Å²) in [5.41, 5.74) is 5.45. The normalized spacial score (nSPS) is 13.5. The van der Waals surface area contributed by atoms with Gasteiger partial charge in [0.15, 0.2) is 23.9 Å². The smallest absolute Gasteiger partial charge is 0.260 e. The summed E-state index contributed by atoms with van der Waals surface area (Å²) < 4.78 is 21.9. The number of carbonyl (C=O) groups is 1. The minimum atomic E-state index is -0.0904. The van der Waals surface area contributed by atoms with Crippen LogP contribution in [-0.4, -0.2) is 68.6 Å². The van der Waals surface area contributed by atoms with Gasteiger partial charge in [-0.2, -0.15) is 10.4 Å². The number of nitrogens with one attached hydrogen (secondary N) is 1. The molecule has 34 heavy (non-hydrogen) atoms. The molecule has 10 heteroatoms. The van der Waals surface area contributed by atoms with Crippen LogP contribution in [0.2, 0.25) is 0 Å². The quantitative estimate of drug-likeness (QED) is 0.418. The van der Waals surface area contributed by atoms with Crippen LogP contribution in [0.15, 0.2) is 29.4 Å². The number of ether oxygens (including phenoxy) is 4. The maximum absolute atomic E-state index is 12.4. The van der Waals surface area contributed by atoms with Gasteiger partial charge in [-0.3, -0.25) is 10.2 Å². The van der Waals surface area contributed by atoms with Crippen molar-refractivity contribution >= 4 is 17.9 Å². The van der Waals surface area contributed by atoms with E-state index >= 15 is 0 Å². The molecule has 1 amide bonds. The van der Waals surface area contributed by atoms with Crippen LogP contribution in [-0.2, 0) is 20.9 Å². The largest absolute Gasteiger partial charge is 0.490 e. The Morgan fingerprint density at radius 2 is 2.09 bits per heavy atom. The molecular weight excluding hydrogens is 438 g/mol. The lowest BCUT2D eigenvalue weighted by Gasteiger charge is -2.26. The number of hydrogen-bond acceptors (Lipinski definition) is 9. The van der Waals surface area contributed by atoms with E-state index in [9.17, 15) is 10.1 Å². The summed E-state index contributed by atoms with van der Waals surface area (Å²) in [4.78, 5) is 18.5. The van der Waals surface area contributed by atoms with Crippen LogP contribution in [0.4, 0.5) is 5.82 Å². The van der Waals surface area contributed by atoms with Crippen molar-refractivity contribution in [2.24, 2.45) is 5.10 Å². The number of rotatable bonds is 10. The molecule has 0 spiro atoms. The minimum Gasteiger partial charge on any atom is -0.490 e. The molecule has 2 aromatic rings. The van der Waals surface area contributed by atoms with Crippen LogP contribution < -0.4 is 14.9 Å². The van der Waals surface area contributed by atoms with E-state index < -0.39 is 0 Å². The molecule has 1 fully saturated rings. The van der Waals surface area contributed by atoms with Gasteiger partial charge in [0.05, 0.1) is 32.6 Å².